The van der Waals surface area contributed by atoms with Crippen molar-refractivity contribution in [2.75, 3.05) is 19.8 Å². The maximum absolute atomic E-state index is 15.1. The number of hydrogen-bond acceptors (Lipinski definition) is 9. The number of ketones is 1. The van der Waals surface area contributed by atoms with Crippen LogP contribution in [0.5, 0.6) is 0 Å². The number of epoxide rings is 1. The minimum Gasteiger partial charge on any atom is -0.396 e. The van der Waals surface area contributed by atoms with Crippen LogP contribution < -0.4 is 11.1 Å². The van der Waals surface area contributed by atoms with Crippen molar-refractivity contribution in [2.45, 2.75) is 185 Å². The number of rotatable bonds is 11. The summed E-state index contributed by atoms with van der Waals surface area (Å²) in [4.78, 5) is 15.1. The number of aryl methyl sites for hydroxylation is 1. The van der Waals surface area contributed by atoms with Gasteiger partial charge in [0.1, 0.15) is 17.8 Å². The summed E-state index contributed by atoms with van der Waals surface area (Å²) in [5.74, 6) is 0.969. The lowest BCUT2D eigenvalue weighted by molar-refractivity contribution is -0.212. The summed E-state index contributed by atoms with van der Waals surface area (Å²) in [6, 6.07) is 10.8. The Kier molecular flexibility index (Phi) is 11.1. The molecule has 9 aliphatic rings. The molecule has 2 spiro atoms. The average molecular weight is 881 g/mol. The van der Waals surface area contributed by atoms with Crippen molar-refractivity contribution >= 4 is 5.78 Å². The van der Waals surface area contributed by atoms with Gasteiger partial charge in [0.25, 0.3) is 0 Å². The van der Waals surface area contributed by atoms with E-state index < -0.39 is 45.9 Å². The molecule has 15 atom stereocenters. The molecule has 15 unspecified atom stereocenters. The lowest BCUT2D eigenvalue weighted by Gasteiger charge is -2.68. The molecule has 6 aliphatic carbocycles. The van der Waals surface area contributed by atoms with E-state index in [1.807, 2.05) is 26.0 Å². The first-order chi connectivity index (χ1) is 30.4. The highest BCUT2D eigenvalue weighted by atomic mass is 16.6. The van der Waals surface area contributed by atoms with Crippen LogP contribution in [0.1, 0.15) is 149 Å². The molecule has 9 nitrogen and oxygen atoms in total. The van der Waals surface area contributed by atoms with Crippen molar-refractivity contribution in [3.63, 3.8) is 0 Å². The Morgan fingerprint density at radius 3 is 2.45 bits per heavy atom. The van der Waals surface area contributed by atoms with E-state index in [4.69, 9.17) is 15.2 Å². The molecule has 2 saturated heterocycles. The lowest BCUT2D eigenvalue weighted by Crippen LogP contribution is -2.68. The number of carbonyl (C=O) groups is 1. The molecule has 0 radical (unpaired) electrons. The first kappa shape index (κ1) is 45.3. The van der Waals surface area contributed by atoms with Crippen LogP contribution in [0.3, 0.4) is 0 Å². The highest BCUT2D eigenvalue weighted by Crippen LogP contribution is 2.78. The zero-order valence-electron chi connectivity index (χ0n) is 39.7. The molecule has 0 amide bonds. The topological polar surface area (TPSA) is 158 Å². The second-order valence-electron chi connectivity index (χ2n) is 24.4. The molecular weight excluding hydrogens is 801 g/mol. The average Bonchev–Trinajstić information content (AvgIpc) is 3.73. The van der Waals surface area contributed by atoms with Gasteiger partial charge in [-0.1, -0.05) is 76.9 Å². The smallest absolute Gasteiger partial charge is 0.159 e. The number of benzene rings is 1. The molecule has 9 heteroatoms. The summed E-state index contributed by atoms with van der Waals surface area (Å²) in [6.45, 7) is 12.0. The van der Waals surface area contributed by atoms with Crippen LogP contribution in [0.15, 0.2) is 65.5 Å². The molecule has 3 heterocycles. The fourth-order valence-electron chi connectivity index (χ4n) is 17.5. The van der Waals surface area contributed by atoms with Crippen LogP contribution in [0.25, 0.3) is 0 Å². The molecule has 64 heavy (non-hydrogen) atoms. The predicted molar refractivity (Wildman–Crippen MR) is 248 cm³/mol. The molecule has 10 rings (SSSR count). The van der Waals surface area contributed by atoms with E-state index in [-0.39, 0.29) is 46.9 Å². The summed E-state index contributed by atoms with van der Waals surface area (Å²) in [6.07, 6.45) is 21.1. The first-order valence-electron chi connectivity index (χ1n) is 25.6. The number of nitrogens with one attached hydrogen (secondary N) is 1. The minimum absolute atomic E-state index is 0.0260. The Morgan fingerprint density at radius 1 is 0.969 bits per heavy atom. The van der Waals surface area contributed by atoms with Crippen LogP contribution in [0.4, 0.5) is 0 Å². The highest BCUT2D eigenvalue weighted by Gasteiger charge is 2.78. The number of aliphatic hydroxyl groups is 4. The van der Waals surface area contributed by atoms with Crippen molar-refractivity contribution in [3.8, 4) is 0 Å². The summed E-state index contributed by atoms with van der Waals surface area (Å²) >= 11 is 0. The Labute approximate surface area is 383 Å². The number of aliphatic hydroxyl groups excluding tert-OH is 2. The lowest BCUT2D eigenvalue weighted by atomic mass is 9.37. The van der Waals surface area contributed by atoms with E-state index in [0.29, 0.717) is 56.0 Å². The van der Waals surface area contributed by atoms with Gasteiger partial charge in [-0.15, -0.1) is 0 Å². The number of carbonyl (C=O) groups excluding carboxylic acids is 1. The van der Waals surface area contributed by atoms with Crippen LogP contribution in [0, 0.1) is 56.7 Å². The Morgan fingerprint density at radius 2 is 1.73 bits per heavy atom. The Hall–Kier alpha value is -2.53. The third kappa shape index (κ3) is 6.68. The molecule has 0 bridgehead atoms. The van der Waals surface area contributed by atoms with Crippen LogP contribution in [0.2, 0.25) is 0 Å². The van der Waals surface area contributed by atoms with Gasteiger partial charge in [0.05, 0.1) is 29.7 Å². The van der Waals surface area contributed by atoms with Gasteiger partial charge in [-0.2, -0.15) is 0 Å². The van der Waals surface area contributed by atoms with E-state index >= 15 is 4.79 Å². The van der Waals surface area contributed by atoms with Crippen molar-refractivity contribution in [1.29, 1.82) is 0 Å². The predicted octanol–water partition coefficient (Wildman–Crippen LogP) is 8.23. The van der Waals surface area contributed by atoms with Crippen LogP contribution in [-0.2, 0) is 20.7 Å². The number of allylic oxidation sites excluding steroid dienone is 3. The minimum atomic E-state index is -1.38. The van der Waals surface area contributed by atoms with Gasteiger partial charge in [0.2, 0.25) is 0 Å². The fraction of sp³-hybridized carbons (Fsp3) is 0.764. The maximum Gasteiger partial charge on any atom is 0.159 e. The number of hydrogen-bond donors (Lipinski definition) is 6. The van der Waals surface area contributed by atoms with Crippen molar-refractivity contribution in [3.05, 3.63) is 71.1 Å². The van der Waals surface area contributed by atoms with Crippen molar-refractivity contribution < 1.29 is 34.7 Å². The third-order valence-corrected chi connectivity index (χ3v) is 21.2. The number of dihydropyridines is 1. The number of ether oxygens (including phenoxy) is 2. The van der Waals surface area contributed by atoms with E-state index in [2.05, 4.69) is 62.5 Å². The second kappa shape index (κ2) is 15.8. The summed E-state index contributed by atoms with van der Waals surface area (Å²) in [5.41, 5.74) is 4.36. The third-order valence-electron chi connectivity index (χ3n) is 21.2. The standard InChI is InChI=1S/C55H80N2O7/c1-35-18-26-63-54(30-35,47-46(64-47)51(5,61)48(2,34-58)21-15-37-17-25-57-44(56)27-37)43-16-22-55(62)41-29-42(60)40-28-39(59)32-53(24-23-52(33-53)19-9-10-20-52)50(40,4)45(41)38(31-49(43,55)3)14-13-36-11-7-6-8-12-36/h6-8,11-12,17,27,29,35,38-40,43,45-47,57-59,61-62H,9-10,13-16,18-26,28,30-34,56H2,1-5H3. The molecular formula is C55H80N2O7. The summed E-state index contributed by atoms with van der Waals surface area (Å²) < 4.78 is 14.1. The first-order valence-corrected chi connectivity index (χ1v) is 25.6. The molecule has 7 N–H and O–H groups in total. The molecule has 7 fully saturated rings. The highest BCUT2D eigenvalue weighted by molar-refractivity contribution is 5.95. The summed E-state index contributed by atoms with van der Waals surface area (Å²) in [7, 11) is 0. The molecule has 1 aromatic rings. The van der Waals surface area contributed by atoms with Crippen LogP contribution >= 0.6 is 0 Å². The van der Waals surface area contributed by atoms with Crippen LogP contribution in [-0.4, -0.2) is 81.1 Å². The SMILES string of the molecule is CC1CCOC(C2OC2C(C)(O)C(C)(CO)CCC2=CCNC(N)=C2)(C2CCC3(O)C4=CC(=O)C5CC(O)CC6(CCC7(CCCC7)C6)C5(C)C4C(CCc4ccccc4)CC23C)C1. The second-order valence-corrected chi connectivity index (χ2v) is 24.4. The quantitative estimate of drug-likeness (QED) is 0.121. The zero-order valence-corrected chi connectivity index (χ0v) is 39.7. The molecule has 352 valence electrons. The van der Waals surface area contributed by atoms with Gasteiger partial charge < -0.3 is 41.0 Å². The van der Waals surface area contributed by atoms with Gasteiger partial charge >= 0.3 is 0 Å². The van der Waals surface area contributed by atoms with Crippen molar-refractivity contribution in [1.82, 2.24) is 5.32 Å². The van der Waals surface area contributed by atoms with Crippen molar-refractivity contribution in [2.24, 2.45) is 62.4 Å². The van der Waals surface area contributed by atoms with Gasteiger partial charge in [-0.3, -0.25) is 4.79 Å². The fourth-order valence-corrected chi connectivity index (χ4v) is 17.5. The Bertz CT molecular complexity index is 2060. The monoisotopic (exact) mass is 881 g/mol. The summed E-state index contributed by atoms with van der Waals surface area (Å²) in [5, 5.41) is 52.7. The van der Waals surface area contributed by atoms with E-state index in [1.54, 1.807) is 0 Å². The van der Waals surface area contributed by atoms with Gasteiger partial charge in [0.15, 0.2) is 5.78 Å². The van der Waals surface area contributed by atoms with Gasteiger partial charge in [-0.05, 0) is 178 Å². The molecule has 3 aliphatic heterocycles. The Balaban J connectivity index is 1.03. The maximum atomic E-state index is 15.1. The number of fused-ring (bicyclic) bond motifs is 6. The molecule has 1 aromatic carbocycles. The normalized spacial score (nSPS) is 45.3. The zero-order chi connectivity index (χ0) is 45.1. The molecule has 0 aromatic heterocycles. The van der Waals surface area contributed by atoms with E-state index in [1.165, 1.54) is 37.7 Å². The molecule has 5 saturated carbocycles. The van der Waals surface area contributed by atoms with E-state index in [0.717, 1.165) is 68.9 Å². The van der Waals surface area contributed by atoms with E-state index in [9.17, 15) is 20.4 Å². The van der Waals surface area contributed by atoms with Gasteiger partial charge in [-0.25, -0.2) is 0 Å². The number of nitrogens with two attached hydrogens (primary N) is 1. The largest absolute Gasteiger partial charge is 0.396 e. The van der Waals surface area contributed by atoms with Gasteiger partial charge in [0, 0.05) is 29.9 Å².